The molecular weight excluding hydrogens is 386 g/mol. The third kappa shape index (κ3) is 4.48. The fraction of sp³-hybridized carbons (Fsp3) is 0.273. The summed E-state index contributed by atoms with van der Waals surface area (Å²) in [4.78, 5) is 27.2. The number of carbonyl (C=O) groups is 2. The summed E-state index contributed by atoms with van der Waals surface area (Å²) in [6, 6.07) is 13.9. The largest absolute Gasteiger partial charge is 0.484 e. The first-order valence-electron chi connectivity index (χ1n) is 9.68. The molecule has 154 valence electrons. The Morgan fingerprint density at radius 2 is 1.83 bits per heavy atom. The molecule has 8 nitrogen and oxygen atoms in total. The van der Waals surface area contributed by atoms with Gasteiger partial charge in [0.1, 0.15) is 11.9 Å². The zero-order chi connectivity index (χ0) is 21.1. The van der Waals surface area contributed by atoms with Crippen LogP contribution in [0.5, 0.6) is 5.75 Å². The van der Waals surface area contributed by atoms with E-state index in [0.717, 1.165) is 12.0 Å². The van der Waals surface area contributed by atoms with Gasteiger partial charge in [0.15, 0.2) is 0 Å². The molecule has 0 bridgehead atoms. The van der Waals surface area contributed by atoms with E-state index in [1.807, 2.05) is 19.1 Å². The Bertz CT molecular complexity index is 1010. The normalized spacial score (nSPS) is 15.2. The number of ether oxygens (including phenoxy) is 1. The number of amides is 1. The van der Waals surface area contributed by atoms with E-state index in [9.17, 15) is 9.59 Å². The van der Waals surface area contributed by atoms with Crippen LogP contribution in [0, 0.1) is 0 Å². The number of carboxylic acids is 1. The lowest BCUT2D eigenvalue weighted by Gasteiger charge is -2.26. The number of carbonyl (C=O) groups excluding carboxylic acids is 1. The molecule has 2 N–H and O–H groups in total. The highest BCUT2D eigenvalue weighted by Gasteiger charge is 2.27. The maximum Gasteiger partial charge on any atom is 0.335 e. The van der Waals surface area contributed by atoms with Crippen molar-refractivity contribution in [3.63, 3.8) is 0 Å². The van der Waals surface area contributed by atoms with Crippen LogP contribution in [0.25, 0.3) is 0 Å². The molecule has 4 rings (SSSR count). The highest BCUT2D eigenvalue weighted by molar-refractivity contribution is 5.90. The second-order valence-corrected chi connectivity index (χ2v) is 7.33. The molecule has 2 aromatic carbocycles. The van der Waals surface area contributed by atoms with E-state index >= 15 is 0 Å². The Hall–Kier alpha value is -3.68. The summed E-state index contributed by atoms with van der Waals surface area (Å²) in [5.41, 5.74) is 2.36. The highest BCUT2D eigenvalue weighted by atomic mass is 16.5. The standard InChI is InChI=1S/C22H21N3O5/c1-13(24-21(26)20-23-12-29-25-20)19(16-6-4-15(5-7-16)14-2-3-14)30-18-10-8-17(9-11-18)22(27)28/h4-14,19H,2-3H2,1H3,(H,24,26)(H,27,28)/t13-,19-/m0/s1. The van der Waals surface area contributed by atoms with Gasteiger partial charge in [0.2, 0.25) is 6.39 Å². The van der Waals surface area contributed by atoms with E-state index in [2.05, 4.69) is 32.1 Å². The summed E-state index contributed by atoms with van der Waals surface area (Å²) >= 11 is 0. The summed E-state index contributed by atoms with van der Waals surface area (Å²) in [5, 5.41) is 15.5. The molecule has 1 heterocycles. The van der Waals surface area contributed by atoms with Gasteiger partial charge in [0, 0.05) is 0 Å². The van der Waals surface area contributed by atoms with Crippen LogP contribution in [0.2, 0.25) is 0 Å². The maximum atomic E-state index is 12.4. The molecule has 0 spiro atoms. The van der Waals surface area contributed by atoms with E-state index < -0.39 is 24.0 Å². The number of nitrogens with zero attached hydrogens (tertiary/aromatic N) is 2. The molecule has 0 unspecified atom stereocenters. The van der Waals surface area contributed by atoms with Gasteiger partial charge >= 0.3 is 5.97 Å². The van der Waals surface area contributed by atoms with Crippen LogP contribution >= 0.6 is 0 Å². The SMILES string of the molecule is C[C@H](NC(=O)c1ncon1)[C@H](Oc1ccc(C(=O)O)cc1)c1ccc(C2CC2)cc1. The van der Waals surface area contributed by atoms with Crippen molar-refractivity contribution in [2.24, 2.45) is 0 Å². The fourth-order valence-electron chi connectivity index (χ4n) is 3.27. The van der Waals surface area contributed by atoms with Crippen molar-refractivity contribution in [3.8, 4) is 5.75 Å². The number of hydrogen-bond acceptors (Lipinski definition) is 6. The Labute approximate surface area is 172 Å². The van der Waals surface area contributed by atoms with Gasteiger partial charge in [-0.15, -0.1) is 0 Å². The van der Waals surface area contributed by atoms with E-state index in [4.69, 9.17) is 9.84 Å². The summed E-state index contributed by atoms with van der Waals surface area (Å²) < 4.78 is 10.8. The van der Waals surface area contributed by atoms with Gasteiger partial charge < -0.3 is 19.7 Å². The average molecular weight is 407 g/mol. The van der Waals surface area contributed by atoms with Crippen molar-refractivity contribution in [2.75, 3.05) is 0 Å². The van der Waals surface area contributed by atoms with E-state index in [-0.39, 0.29) is 11.4 Å². The summed E-state index contributed by atoms with van der Waals surface area (Å²) in [6.45, 7) is 1.82. The van der Waals surface area contributed by atoms with Gasteiger partial charge in [-0.25, -0.2) is 4.79 Å². The van der Waals surface area contributed by atoms with Crippen LogP contribution in [-0.4, -0.2) is 33.2 Å². The van der Waals surface area contributed by atoms with Gasteiger partial charge in [0.05, 0.1) is 11.6 Å². The zero-order valence-corrected chi connectivity index (χ0v) is 16.3. The molecule has 2 atom stereocenters. The zero-order valence-electron chi connectivity index (χ0n) is 16.3. The predicted octanol–water partition coefficient (Wildman–Crippen LogP) is 3.58. The fourth-order valence-corrected chi connectivity index (χ4v) is 3.27. The van der Waals surface area contributed by atoms with Gasteiger partial charge in [-0.3, -0.25) is 4.79 Å². The van der Waals surface area contributed by atoms with E-state index in [1.54, 1.807) is 12.1 Å². The number of benzene rings is 2. The monoisotopic (exact) mass is 407 g/mol. The van der Waals surface area contributed by atoms with Crippen molar-refractivity contribution in [1.29, 1.82) is 0 Å². The number of hydrogen-bond donors (Lipinski definition) is 2. The minimum absolute atomic E-state index is 0.0597. The number of aromatic carboxylic acids is 1. The Balaban J connectivity index is 1.56. The first kappa shape index (κ1) is 19.6. The van der Waals surface area contributed by atoms with Crippen LogP contribution in [0.3, 0.4) is 0 Å². The molecular formula is C22H21N3O5. The third-order valence-electron chi connectivity index (χ3n) is 5.06. The number of carboxylic acid groups (broad SMARTS) is 1. The number of rotatable bonds is 8. The molecule has 0 saturated heterocycles. The van der Waals surface area contributed by atoms with E-state index in [1.165, 1.54) is 30.5 Å². The second-order valence-electron chi connectivity index (χ2n) is 7.33. The quantitative estimate of drug-likeness (QED) is 0.586. The van der Waals surface area contributed by atoms with Crippen molar-refractivity contribution >= 4 is 11.9 Å². The Morgan fingerprint density at radius 3 is 2.40 bits per heavy atom. The molecule has 3 aromatic rings. The average Bonchev–Trinajstić information content (AvgIpc) is 3.45. The van der Waals surface area contributed by atoms with Crippen LogP contribution in [0.15, 0.2) is 59.4 Å². The van der Waals surface area contributed by atoms with Crippen molar-refractivity contribution in [3.05, 3.63) is 77.4 Å². The van der Waals surface area contributed by atoms with Crippen molar-refractivity contribution in [2.45, 2.75) is 37.8 Å². The topological polar surface area (TPSA) is 115 Å². The number of nitrogens with one attached hydrogen (secondary N) is 1. The Morgan fingerprint density at radius 1 is 1.13 bits per heavy atom. The molecule has 1 aliphatic rings. The predicted molar refractivity (Wildman–Crippen MR) is 106 cm³/mol. The maximum absolute atomic E-state index is 12.4. The molecule has 30 heavy (non-hydrogen) atoms. The molecule has 0 aliphatic heterocycles. The third-order valence-corrected chi connectivity index (χ3v) is 5.06. The highest BCUT2D eigenvalue weighted by Crippen LogP contribution is 2.40. The lowest BCUT2D eigenvalue weighted by Crippen LogP contribution is -2.39. The molecule has 1 aromatic heterocycles. The first-order valence-corrected chi connectivity index (χ1v) is 9.68. The van der Waals surface area contributed by atoms with Crippen molar-refractivity contribution < 1.29 is 24.0 Å². The van der Waals surface area contributed by atoms with Crippen LogP contribution < -0.4 is 10.1 Å². The molecule has 0 radical (unpaired) electrons. The second kappa shape index (κ2) is 8.36. The van der Waals surface area contributed by atoms with Crippen LogP contribution in [0.1, 0.15) is 63.9 Å². The molecule has 1 fully saturated rings. The minimum atomic E-state index is -1.01. The van der Waals surface area contributed by atoms with Gasteiger partial charge in [-0.05, 0) is 61.1 Å². The Kier molecular flexibility index (Phi) is 5.47. The summed E-state index contributed by atoms with van der Waals surface area (Å²) in [6.07, 6.45) is 3.01. The molecule has 8 heteroatoms. The molecule has 1 amide bonds. The van der Waals surface area contributed by atoms with Crippen LogP contribution in [-0.2, 0) is 0 Å². The summed E-state index contributed by atoms with van der Waals surface area (Å²) in [7, 11) is 0. The first-order chi connectivity index (χ1) is 14.5. The summed E-state index contributed by atoms with van der Waals surface area (Å²) in [5.74, 6) is -0.403. The molecule has 1 saturated carbocycles. The lowest BCUT2D eigenvalue weighted by atomic mass is 10.00. The van der Waals surface area contributed by atoms with Crippen LogP contribution in [0.4, 0.5) is 0 Å². The van der Waals surface area contributed by atoms with Crippen molar-refractivity contribution in [1.82, 2.24) is 15.5 Å². The minimum Gasteiger partial charge on any atom is -0.484 e. The van der Waals surface area contributed by atoms with Gasteiger partial charge in [-0.2, -0.15) is 4.98 Å². The molecule has 1 aliphatic carbocycles. The lowest BCUT2D eigenvalue weighted by molar-refractivity contribution is 0.0696. The smallest absolute Gasteiger partial charge is 0.335 e. The van der Waals surface area contributed by atoms with Gasteiger partial charge in [0.25, 0.3) is 11.7 Å². The van der Waals surface area contributed by atoms with E-state index in [0.29, 0.717) is 11.7 Å². The number of aromatic nitrogens is 2. The van der Waals surface area contributed by atoms with Gasteiger partial charge in [-0.1, -0.05) is 29.4 Å².